The van der Waals surface area contributed by atoms with Gasteiger partial charge in [0.2, 0.25) is 11.1 Å². The number of nitrogen functional groups attached to an aromatic ring is 1. The molecule has 0 spiro atoms. The highest BCUT2D eigenvalue weighted by Gasteiger charge is 2.13. The van der Waals surface area contributed by atoms with E-state index in [1.807, 2.05) is 13.0 Å². The summed E-state index contributed by atoms with van der Waals surface area (Å²) in [7, 11) is 1.59. The zero-order valence-corrected chi connectivity index (χ0v) is 18.9. The number of benzene rings is 2. The maximum atomic E-state index is 12.3. The number of halogens is 2. The van der Waals surface area contributed by atoms with Crippen LogP contribution in [-0.4, -0.2) is 39.9 Å². The first-order chi connectivity index (χ1) is 14.9. The maximum absolute atomic E-state index is 12.3. The first kappa shape index (κ1) is 22.7. The van der Waals surface area contributed by atoms with Crippen molar-refractivity contribution in [3.63, 3.8) is 0 Å². The van der Waals surface area contributed by atoms with Crippen LogP contribution in [0.1, 0.15) is 11.1 Å². The van der Waals surface area contributed by atoms with Gasteiger partial charge in [0.15, 0.2) is 0 Å². The fourth-order valence-electron chi connectivity index (χ4n) is 2.45. The molecule has 162 valence electrons. The number of nitrogens with two attached hydrogens (primary N) is 1. The molecule has 2 aromatic carbocycles. The Morgan fingerprint density at radius 3 is 2.87 bits per heavy atom. The van der Waals surface area contributed by atoms with Crippen LogP contribution in [0.5, 0.6) is 5.75 Å². The zero-order chi connectivity index (χ0) is 22.4. The second-order valence-electron chi connectivity index (χ2n) is 6.21. The molecule has 0 aliphatic rings. The molecule has 12 heteroatoms. The van der Waals surface area contributed by atoms with Gasteiger partial charge in [-0.1, -0.05) is 47.1 Å². The van der Waals surface area contributed by atoms with Crippen molar-refractivity contribution in [1.82, 2.24) is 14.9 Å². The Morgan fingerprint density at radius 2 is 2.13 bits per heavy atom. The molecule has 3 rings (SSSR count). The molecule has 0 unspecified atom stereocenters. The average Bonchev–Trinajstić information content (AvgIpc) is 3.10. The summed E-state index contributed by atoms with van der Waals surface area (Å²) in [5.41, 5.74) is 4.91. The average molecular weight is 480 g/mol. The summed E-state index contributed by atoms with van der Waals surface area (Å²) in [5.74, 6) is 6.79. The van der Waals surface area contributed by atoms with Crippen LogP contribution in [0, 0.1) is 6.92 Å². The molecule has 3 aromatic rings. The third kappa shape index (κ3) is 5.81. The van der Waals surface area contributed by atoms with E-state index in [0.717, 1.165) is 23.1 Å². The number of carbonyl (C=O) groups is 1. The van der Waals surface area contributed by atoms with Crippen molar-refractivity contribution in [1.29, 1.82) is 0 Å². The Kier molecular flexibility index (Phi) is 7.61. The number of hydrazone groups is 1. The first-order valence-corrected chi connectivity index (χ1v) is 10.6. The van der Waals surface area contributed by atoms with E-state index in [4.69, 9.17) is 33.8 Å². The molecule has 31 heavy (non-hydrogen) atoms. The number of aromatic nitrogens is 3. The fraction of sp³-hybridized carbons (Fsp3) is 0.158. The topological polar surface area (TPSA) is 119 Å². The lowest BCUT2D eigenvalue weighted by Gasteiger charge is -2.09. The van der Waals surface area contributed by atoms with Crippen molar-refractivity contribution in [3.05, 3.63) is 57.6 Å². The highest BCUT2D eigenvalue weighted by Crippen LogP contribution is 2.24. The van der Waals surface area contributed by atoms with Crippen molar-refractivity contribution < 1.29 is 9.53 Å². The third-order valence-electron chi connectivity index (χ3n) is 4.05. The summed E-state index contributed by atoms with van der Waals surface area (Å²) >= 11 is 13.2. The molecule has 0 bridgehead atoms. The van der Waals surface area contributed by atoms with E-state index < -0.39 is 0 Å². The van der Waals surface area contributed by atoms with E-state index in [1.165, 1.54) is 10.9 Å². The van der Waals surface area contributed by atoms with Crippen LogP contribution < -0.4 is 21.3 Å². The molecule has 0 aliphatic carbocycles. The molecule has 0 saturated carbocycles. The largest absolute Gasteiger partial charge is 0.497 e. The Bertz CT molecular complexity index is 1120. The molecule has 0 saturated heterocycles. The van der Waals surface area contributed by atoms with Gasteiger partial charge in [-0.3, -0.25) is 4.79 Å². The van der Waals surface area contributed by atoms with Gasteiger partial charge in [-0.15, -0.1) is 10.2 Å². The van der Waals surface area contributed by atoms with Crippen LogP contribution >= 0.6 is 35.0 Å². The normalized spacial score (nSPS) is 11.0. The van der Waals surface area contributed by atoms with Gasteiger partial charge in [-0.2, -0.15) is 5.10 Å². The number of thioether (sulfide) groups is 1. The van der Waals surface area contributed by atoms with Crippen LogP contribution in [0.15, 0.2) is 46.7 Å². The molecule has 0 fully saturated rings. The van der Waals surface area contributed by atoms with Gasteiger partial charge < -0.3 is 15.9 Å². The van der Waals surface area contributed by atoms with Crippen LogP contribution in [0.3, 0.4) is 0 Å². The molecule has 0 radical (unpaired) electrons. The quantitative estimate of drug-likeness (QED) is 0.194. The molecular weight excluding hydrogens is 461 g/mol. The van der Waals surface area contributed by atoms with Gasteiger partial charge in [0, 0.05) is 11.3 Å². The number of hydrogen-bond donors (Lipinski definition) is 3. The summed E-state index contributed by atoms with van der Waals surface area (Å²) in [4.78, 5) is 12.3. The van der Waals surface area contributed by atoms with Crippen molar-refractivity contribution in [2.45, 2.75) is 12.1 Å². The summed E-state index contributed by atoms with van der Waals surface area (Å²) in [6.07, 6.45) is 1.49. The second kappa shape index (κ2) is 10.4. The number of ether oxygens (including phenoxy) is 1. The minimum absolute atomic E-state index is 0.0994. The SMILES string of the molecule is COc1ccc(NC(=O)CSc2nnc(N/N=C/c3cccc(Cl)c3Cl)n2N)c(C)c1. The van der Waals surface area contributed by atoms with Crippen LogP contribution in [0.4, 0.5) is 11.6 Å². The third-order valence-corrected chi connectivity index (χ3v) is 5.83. The first-order valence-electron chi connectivity index (χ1n) is 8.90. The Balaban J connectivity index is 1.56. The van der Waals surface area contributed by atoms with E-state index in [2.05, 4.69) is 26.0 Å². The Hall–Kier alpha value is -2.95. The van der Waals surface area contributed by atoms with E-state index in [-0.39, 0.29) is 17.6 Å². The number of nitrogens with one attached hydrogen (secondary N) is 2. The number of amides is 1. The predicted octanol–water partition coefficient (Wildman–Crippen LogP) is 3.79. The lowest BCUT2D eigenvalue weighted by atomic mass is 10.2. The Labute approximate surface area is 192 Å². The minimum Gasteiger partial charge on any atom is -0.497 e. The summed E-state index contributed by atoms with van der Waals surface area (Å²) < 4.78 is 6.36. The minimum atomic E-state index is -0.204. The highest BCUT2D eigenvalue weighted by atomic mass is 35.5. The number of rotatable bonds is 8. The smallest absolute Gasteiger partial charge is 0.264 e. The number of anilines is 2. The zero-order valence-electron chi connectivity index (χ0n) is 16.6. The maximum Gasteiger partial charge on any atom is 0.264 e. The molecular formula is C19H19Cl2N7O2S. The van der Waals surface area contributed by atoms with E-state index in [1.54, 1.807) is 37.4 Å². The van der Waals surface area contributed by atoms with Crippen molar-refractivity contribution in [3.8, 4) is 5.75 Å². The van der Waals surface area contributed by atoms with Gasteiger partial charge in [0.05, 0.1) is 29.1 Å². The van der Waals surface area contributed by atoms with Crippen molar-refractivity contribution >= 4 is 58.7 Å². The van der Waals surface area contributed by atoms with E-state index in [0.29, 0.717) is 26.5 Å². The van der Waals surface area contributed by atoms with Crippen LogP contribution in [-0.2, 0) is 4.79 Å². The molecule has 1 amide bonds. The summed E-state index contributed by atoms with van der Waals surface area (Å²) in [6, 6.07) is 10.6. The summed E-state index contributed by atoms with van der Waals surface area (Å²) in [6.45, 7) is 1.89. The van der Waals surface area contributed by atoms with E-state index >= 15 is 0 Å². The molecule has 0 atom stereocenters. The molecule has 9 nitrogen and oxygen atoms in total. The highest BCUT2D eigenvalue weighted by molar-refractivity contribution is 7.99. The monoisotopic (exact) mass is 479 g/mol. The van der Waals surface area contributed by atoms with Crippen molar-refractivity contribution in [2.24, 2.45) is 5.10 Å². The number of aryl methyl sites for hydroxylation is 1. The lowest BCUT2D eigenvalue weighted by Crippen LogP contribution is -2.17. The second-order valence-corrected chi connectivity index (χ2v) is 7.93. The van der Waals surface area contributed by atoms with Crippen molar-refractivity contribution in [2.75, 3.05) is 29.4 Å². The van der Waals surface area contributed by atoms with E-state index in [9.17, 15) is 4.79 Å². The van der Waals surface area contributed by atoms with Gasteiger partial charge in [-0.25, -0.2) is 10.1 Å². The molecule has 0 aliphatic heterocycles. The van der Waals surface area contributed by atoms with Crippen LogP contribution in [0.2, 0.25) is 10.0 Å². The molecule has 1 aromatic heterocycles. The number of carbonyl (C=O) groups excluding carboxylic acids is 1. The number of hydrogen-bond acceptors (Lipinski definition) is 8. The fourth-order valence-corrected chi connectivity index (χ4v) is 3.46. The molecule has 4 N–H and O–H groups in total. The lowest BCUT2D eigenvalue weighted by molar-refractivity contribution is -0.113. The van der Waals surface area contributed by atoms with Crippen LogP contribution in [0.25, 0.3) is 0 Å². The standard InChI is InChI=1S/C19H19Cl2N7O2S/c1-11-8-13(30-2)6-7-15(11)24-16(29)10-31-19-27-26-18(28(19)22)25-23-9-12-4-3-5-14(20)17(12)21/h3-9H,10,22H2,1-2H3,(H,24,29)(H,25,26)/b23-9+. The number of methoxy groups -OCH3 is 1. The van der Waals surface area contributed by atoms with Gasteiger partial charge in [0.1, 0.15) is 5.75 Å². The number of nitrogens with zero attached hydrogens (tertiary/aromatic N) is 4. The summed E-state index contributed by atoms with van der Waals surface area (Å²) in [5, 5.41) is 15.9. The predicted molar refractivity (Wildman–Crippen MR) is 125 cm³/mol. The van der Waals surface area contributed by atoms with Gasteiger partial charge in [0.25, 0.3) is 5.95 Å². The van der Waals surface area contributed by atoms with Gasteiger partial charge >= 0.3 is 0 Å². The Morgan fingerprint density at radius 1 is 1.32 bits per heavy atom. The molecule has 1 heterocycles. The van der Waals surface area contributed by atoms with Gasteiger partial charge in [-0.05, 0) is 36.8 Å².